The Labute approximate surface area is 187 Å². The molecule has 0 radical (unpaired) electrons. The maximum atomic E-state index is 13.0. The van der Waals surface area contributed by atoms with Gasteiger partial charge in [-0.3, -0.25) is 0 Å². The lowest BCUT2D eigenvalue weighted by Gasteiger charge is -2.26. The number of para-hydroxylation sites is 1. The summed E-state index contributed by atoms with van der Waals surface area (Å²) in [6.45, 7) is 3.74. The molecule has 0 aliphatic carbocycles. The molecular formula is C25H26N2O3S. The Kier molecular flexibility index (Phi) is 6.99. The molecule has 0 aromatic heterocycles. The van der Waals surface area contributed by atoms with Gasteiger partial charge in [0.25, 0.3) is 0 Å². The van der Waals surface area contributed by atoms with Crippen LogP contribution in [0.3, 0.4) is 0 Å². The summed E-state index contributed by atoms with van der Waals surface area (Å²) in [5, 5.41) is 2.92. The standard InChI is InChI=1S/C25H26N2O3S/c1-2-29-21-14-12-20(13-15-21)26-25(28)27-16-17-31-24(27)22-10-6-7-11-23(22)30-18-19-8-4-3-5-9-19/h3-15,24H,2,16-18H2,1H3,(H,26,28). The summed E-state index contributed by atoms with van der Waals surface area (Å²) in [5.41, 5.74) is 2.88. The second kappa shape index (κ2) is 10.3. The van der Waals surface area contributed by atoms with E-state index in [9.17, 15) is 4.79 Å². The molecule has 1 fully saturated rings. The minimum absolute atomic E-state index is 0.0883. The molecule has 1 saturated heterocycles. The number of anilines is 1. The Morgan fingerprint density at radius 2 is 1.74 bits per heavy atom. The highest BCUT2D eigenvalue weighted by molar-refractivity contribution is 7.99. The second-order valence-corrected chi connectivity index (χ2v) is 8.30. The maximum absolute atomic E-state index is 13.0. The predicted molar refractivity (Wildman–Crippen MR) is 126 cm³/mol. The number of amides is 2. The van der Waals surface area contributed by atoms with Gasteiger partial charge in [-0.25, -0.2) is 4.79 Å². The molecule has 6 heteroatoms. The van der Waals surface area contributed by atoms with Gasteiger partial charge >= 0.3 is 6.03 Å². The fourth-order valence-electron chi connectivity index (χ4n) is 3.48. The number of carbonyl (C=O) groups is 1. The average molecular weight is 435 g/mol. The van der Waals surface area contributed by atoms with Crippen LogP contribution in [0, 0.1) is 0 Å². The Hall–Kier alpha value is -3.12. The lowest BCUT2D eigenvalue weighted by molar-refractivity contribution is 0.213. The Balaban J connectivity index is 1.46. The molecule has 0 bridgehead atoms. The van der Waals surface area contributed by atoms with Crippen molar-refractivity contribution in [1.82, 2.24) is 4.90 Å². The molecule has 3 aromatic rings. The fourth-order valence-corrected chi connectivity index (χ4v) is 4.76. The molecule has 1 atom stereocenters. The summed E-state index contributed by atoms with van der Waals surface area (Å²) < 4.78 is 11.6. The topological polar surface area (TPSA) is 50.8 Å². The van der Waals surface area contributed by atoms with E-state index in [0.717, 1.165) is 34.1 Å². The van der Waals surface area contributed by atoms with Crippen LogP contribution in [0.2, 0.25) is 0 Å². The Morgan fingerprint density at radius 3 is 2.52 bits per heavy atom. The second-order valence-electron chi connectivity index (χ2n) is 7.12. The number of ether oxygens (including phenoxy) is 2. The van der Waals surface area contributed by atoms with Crippen LogP contribution in [0.15, 0.2) is 78.9 Å². The van der Waals surface area contributed by atoms with Crippen molar-refractivity contribution in [2.75, 3.05) is 24.2 Å². The van der Waals surface area contributed by atoms with Crippen LogP contribution < -0.4 is 14.8 Å². The van der Waals surface area contributed by atoms with E-state index >= 15 is 0 Å². The van der Waals surface area contributed by atoms with Crippen molar-refractivity contribution in [3.05, 3.63) is 90.0 Å². The molecule has 3 aromatic carbocycles. The monoisotopic (exact) mass is 434 g/mol. The minimum atomic E-state index is -0.114. The number of hydrogen-bond acceptors (Lipinski definition) is 4. The van der Waals surface area contributed by atoms with Crippen LogP contribution in [0.25, 0.3) is 0 Å². The molecule has 2 amide bonds. The molecule has 1 aliphatic rings. The van der Waals surface area contributed by atoms with Crippen molar-refractivity contribution in [3.8, 4) is 11.5 Å². The number of urea groups is 1. The van der Waals surface area contributed by atoms with Gasteiger partial charge in [0.2, 0.25) is 0 Å². The molecule has 4 rings (SSSR count). The van der Waals surface area contributed by atoms with E-state index in [1.807, 2.05) is 90.7 Å². The van der Waals surface area contributed by atoms with Gasteiger partial charge in [0.15, 0.2) is 0 Å². The highest BCUT2D eigenvalue weighted by atomic mass is 32.2. The zero-order valence-electron chi connectivity index (χ0n) is 17.5. The minimum Gasteiger partial charge on any atom is -0.494 e. The van der Waals surface area contributed by atoms with Crippen molar-refractivity contribution < 1.29 is 14.3 Å². The van der Waals surface area contributed by atoms with E-state index in [0.29, 0.717) is 19.8 Å². The first kappa shape index (κ1) is 21.1. The molecule has 1 heterocycles. The number of carbonyl (C=O) groups excluding carboxylic acids is 1. The van der Waals surface area contributed by atoms with Gasteiger partial charge < -0.3 is 19.7 Å². The third kappa shape index (κ3) is 5.33. The molecular weight excluding hydrogens is 408 g/mol. The Bertz CT molecular complexity index is 995. The van der Waals surface area contributed by atoms with E-state index < -0.39 is 0 Å². The van der Waals surface area contributed by atoms with Crippen LogP contribution in [0.5, 0.6) is 11.5 Å². The summed E-state index contributed by atoms with van der Waals surface area (Å²) in [4.78, 5) is 14.9. The average Bonchev–Trinajstić information content (AvgIpc) is 3.30. The zero-order valence-corrected chi connectivity index (χ0v) is 18.3. The Morgan fingerprint density at radius 1 is 1.00 bits per heavy atom. The van der Waals surface area contributed by atoms with Gasteiger partial charge in [-0.05, 0) is 42.8 Å². The third-order valence-corrected chi connectivity index (χ3v) is 6.23. The van der Waals surface area contributed by atoms with Gasteiger partial charge in [-0.2, -0.15) is 0 Å². The fraction of sp³-hybridized carbons (Fsp3) is 0.240. The number of thioether (sulfide) groups is 1. The van der Waals surface area contributed by atoms with Gasteiger partial charge in [0.1, 0.15) is 23.5 Å². The van der Waals surface area contributed by atoms with E-state index in [1.165, 1.54) is 0 Å². The SMILES string of the molecule is CCOc1ccc(NC(=O)N2CCSC2c2ccccc2OCc2ccccc2)cc1. The van der Waals surface area contributed by atoms with Crippen LogP contribution in [0.4, 0.5) is 10.5 Å². The van der Waals surface area contributed by atoms with Crippen molar-refractivity contribution >= 4 is 23.5 Å². The van der Waals surface area contributed by atoms with Gasteiger partial charge in [-0.15, -0.1) is 11.8 Å². The van der Waals surface area contributed by atoms with Crippen molar-refractivity contribution in [2.45, 2.75) is 18.9 Å². The highest BCUT2D eigenvalue weighted by Crippen LogP contribution is 2.42. The zero-order chi connectivity index (χ0) is 21.5. The predicted octanol–water partition coefficient (Wildman–Crippen LogP) is 5.94. The summed E-state index contributed by atoms with van der Waals surface area (Å²) in [6, 6.07) is 25.4. The summed E-state index contributed by atoms with van der Waals surface area (Å²) in [6.07, 6.45) is 0. The molecule has 0 saturated carbocycles. The quantitative estimate of drug-likeness (QED) is 0.500. The van der Waals surface area contributed by atoms with Gasteiger partial charge in [0.05, 0.1) is 6.61 Å². The van der Waals surface area contributed by atoms with Crippen molar-refractivity contribution in [3.63, 3.8) is 0 Å². The van der Waals surface area contributed by atoms with Crippen LogP contribution in [-0.4, -0.2) is 29.8 Å². The van der Waals surface area contributed by atoms with Gasteiger partial charge in [0, 0.05) is 23.5 Å². The maximum Gasteiger partial charge on any atom is 0.323 e. The van der Waals surface area contributed by atoms with Crippen LogP contribution in [0.1, 0.15) is 23.4 Å². The molecule has 1 N–H and O–H groups in total. The number of rotatable bonds is 7. The van der Waals surface area contributed by atoms with Crippen molar-refractivity contribution in [1.29, 1.82) is 0 Å². The number of nitrogens with one attached hydrogen (secondary N) is 1. The summed E-state index contributed by atoms with van der Waals surface area (Å²) >= 11 is 1.75. The highest BCUT2D eigenvalue weighted by Gasteiger charge is 2.32. The summed E-state index contributed by atoms with van der Waals surface area (Å²) in [5.74, 6) is 2.48. The van der Waals surface area contributed by atoms with Crippen molar-refractivity contribution in [2.24, 2.45) is 0 Å². The number of nitrogens with zero attached hydrogens (tertiary/aromatic N) is 1. The summed E-state index contributed by atoms with van der Waals surface area (Å²) in [7, 11) is 0. The largest absolute Gasteiger partial charge is 0.494 e. The van der Waals surface area contributed by atoms with Crippen LogP contribution >= 0.6 is 11.8 Å². The molecule has 5 nitrogen and oxygen atoms in total. The molecule has 1 aliphatic heterocycles. The smallest absolute Gasteiger partial charge is 0.323 e. The van der Waals surface area contributed by atoms with Gasteiger partial charge in [-0.1, -0.05) is 48.5 Å². The number of benzene rings is 3. The first-order valence-corrected chi connectivity index (χ1v) is 11.5. The van der Waals surface area contributed by atoms with E-state index in [-0.39, 0.29) is 11.4 Å². The molecule has 0 spiro atoms. The van der Waals surface area contributed by atoms with E-state index in [1.54, 1.807) is 11.8 Å². The third-order valence-electron chi connectivity index (χ3n) is 4.99. The molecule has 160 valence electrons. The first-order valence-electron chi connectivity index (χ1n) is 10.4. The van der Waals surface area contributed by atoms with E-state index in [4.69, 9.17) is 9.47 Å². The lowest BCUT2D eigenvalue weighted by atomic mass is 10.1. The molecule has 31 heavy (non-hydrogen) atoms. The number of hydrogen-bond donors (Lipinski definition) is 1. The van der Waals surface area contributed by atoms with Crippen LogP contribution in [-0.2, 0) is 6.61 Å². The molecule has 1 unspecified atom stereocenters. The lowest BCUT2D eigenvalue weighted by Crippen LogP contribution is -2.34. The normalized spacial score (nSPS) is 15.5. The first-order chi connectivity index (χ1) is 15.2. The van der Waals surface area contributed by atoms with E-state index in [2.05, 4.69) is 5.32 Å².